The second kappa shape index (κ2) is 5.85. The average Bonchev–Trinajstić information content (AvgIpc) is 2.48. The van der Waals surface area contributed by atoms with Gasteiger partial charge in [-0.3, -0.25) is 16.2 Å². The van der Waals surface area contributed by atoms with E-state index < -0.39 is 0 Å². The zero-order valence-electron chi connectivity index (χ0n) is 10.8. The third-order valence-electron chi connectivity index (χ3n) is 2.86. The van der Waals surface area contributed by atoms with Crippen LogP contribution in [0.3, 0.4) is 0 Å². The van der Waals surface area contributed by atoms with Gasteiger partial charge in [0.25, 0.3) is 0 Å². The summed E-state index contributed by atoms with van der Waals surface area (Å²) in [7, 11) is 0. The Morgan fingerprint density at radius 1 is 1.15 bits per heavy atom. The maximum absolute atomic E-state index is 8.24. The van der Waals surface area contributed by atoms with E-state index in [9.17, 15) is 0 Å². The fraction of sp³-hybridized carbons (Fsp3) is 0. The molecule has 0 unspecified atom stereocenters. The lowest BCUT2D eigenvalue weighted by molar-refractivity contribution is 0.967. The van der Waals surface area contributed by atoms with E-state index in [2.05, 4.69) is 10.4 Å². The molecule has 0 radical (unpaired) electrons. The molecule has 0 aliphatic rings. The molecule has 0 bridgehead atoms. The molecule has 1 heterocycles. The molecule has 0 aliphatic carbocycles. The van der Waals surface area contributed by atoms with Crippen molar-refractivity contribution in [1.29, 1.82) is 5.41 Å². The van der Waals surface area contributed by atoms with Crippen LogP contribution in [0.5, 0.6) is 0 Å². The van der Waals surface area contributed by atoms with Gasteiger partial charge in [0.05, 0.1) is 11.4 Å². The number of hydrogen-bond donors (Lipinski definition) is 5. The van der Waals surface area contributed by atoms with Crippen molar-refractivity contribution in [1.82, 2.24) is 10.4 Å². The lowest BCUT2D eigenvalue weighted by Crippen LogP contribution is -2.16. The number of aromatic nitrogens is 1. The van der Waals surface area contributed by atoms with E-state index in [1.54, 1.807) is 42.7 Å². The number of nitrogens with two attached hydrogens (primary N) is 3. The highest BCUT2D eigenvalue weighted by atomic mass is 15.2. The van der Waals surface area contributed by atoms with Gasteiger partial charge in [-0.1, -0.05) is 6.07 Å². The molecule has 20 heavy (non-hydrogen) atoms. The first kappa shape index (κ1) is 13.6. The SMILES string of the molecule is N=C(c1ccncc1)c1cc(/C(N)=C/NN)ccc1N. The molecule has 6 nitrogen and oxygen atoms in total. The quantitative estimate of drug-likeness (QED) is 0.242. The summed E-state index contributed by atoms with van der Waals surface area (Å²) >= 11 is 0. The summed E-state index contributed by atoms with van der Waals surface area (Å²) in [5.74, 6) is 5.21. The molecule has 2 aromatic rings. The number of nitrogens with one attached hydrogen (secondary N) is 2. The van der Waals surface area contributed by atoms with Crippen LogP contribution >= 0.6 is 0 Å². The number of nitrogens with zero attached hydrogens (tertiary/aromatic N) is 1. The summed E-state index contributed by atoms with van der Waals surface area (Å²) in [5, 5.41) is 8.24. The Kier molecular flexibility index (Phi) is 3.97. The van der Waals surface area contributed by atoms with E-state index in [1.165, 1.54) is 6.20 Å². The van der Waals surface area contributed by atoms with Crippen LogP contribution in [0.1, 0.15) is 16.7 Å². The second-order valence-corrected chi connectivity index (χ2v) is 4.18. The summed E-state index contributed by atoms with van der Waals surface area (Å²) in [6, 6.07) is 8.78. The van der Waals surface area contributed by atoms with Crippen molar-refractivity contribution < 1.29 is 0 Å². The summed E-state index contributed by atoms with van der Waals surface area (Å²) < 4.78 is 0. The molecule has 102 valence electrons. The Balaban J connectivity index is 2.44. The predicted octanol–water partition coefficient (Wildman–Crippen LogP) is 0.800. The van der Waals surface area contributed by atoms with Gasteiger partial charge in [-0.25, -0.2) is 0 Å². The van der Waals surface area contributed by atoms with Crippen molar-refractivity contribution in [2.45, 2.75) is 0 Å². The Morgan fingerprint density at radius 2 is 1.85 bits per heavy atom. The van der Waals surface area contributed by atoms with E-state index in [1.807, 2.05) is 0 Å². The van der Waals surface area contributed by atoms with Crippen molar-refractivity contribution >= 4 is 17.1 Å². The Morgan fingerprint density at radius 3 is 2.50 bits per heavy atom. The molecule has 1 aromatic heterocycles. The van der Waals surface area contributed by atoms with Crippen LogP contribution in [-0.4, -0.2) is 10.7 Å². The molecule has 0 amide bonds. The summed E-state index contributed by atoms with van der Waals surface area (Å²) in [6.45, 7) is 0. The van der Waals surface area contributed by atoms with Crippen LogP contribution in [-0.2, 0) is 0 Å². The Labute approximate surface area is 116 Å². The lowest BCUT2D eigenvalue weighted by Gasteiger charge is -2.10. The first-order chi connectivity index (χ1) is 9.63. The van der Waals surface area contributed by atoms with E-state index in [0.717, 1.165) is 11.1 Å². The van der Waals surface area contributed by atoms with Crippen LogP contribution in [0.15, 0.2) is 48.9 Å². The van der Waals surface area contributed by atoms with E-state index >= 15 is 0 Å². The van der Waals surface area contributed by atoms with Gasteiger partial charge < -0.3 is 16.9 Å². The minimum atomic E-state index is 0.320. The average molecular weight is 268 g/mol. The maximum Gasteiger partial charge on any atom is 0.0706 e. The van der Waals surface area contributed by atoms with Gasteiger partial charge in [0.15, 0.2) is 0 Å². The van der Waals surface area contributed by atoms with Gasteiger partial charge in [0, 0.05) is 35.4 Å². The lowest BCUT2D eigenvalue weighted by atomic mass is 9.99. The minimum absolute atomic E-state index is 0.320. The Bertz CT molecular complexity index is 648. The highest BCUT2D eigenvalue weighted by Crippen LogP contribution is 2.20. The molecule has 0 atom stereocenters. The maximum atomic E-state index is 8.24. The van der Waals surface area contributed by atoms with Crippen LogP contribution in [0.4, 0.5) is 5.69 Å². The summed E-state index contributed by atoms with van der Waals surface area (Å²) in [6.07, 6.45) is 4.75. The van der Waals surface area contributed by atoms with Gasteiger partial charge >= 0.3 is 0 Å². The smallest absolute Gasteiger partial charge is 0.0706 e. The molecule has 2 rings (SSSR count). The van der Waals surface area contributed by atoms with Crippen molar-refractivity contribution in [3.8, 4) is 0 Å². The number of anilines is 1. The number of benzene rings is 1. The third kappa shape index (κ3) is 2.76. The van der Waals surface area contributed by atoms with Gasteiger partial charge in [0.2, 0.25) is 0 Å². The topological polar surface area (TPSA) is 127 Å². The first-order valence-electron chi connectivity index (χ1n) is 5.94. The van der Waals surface area contributed by atoms with Gasteiger partial charge in [0.1, 0.15) is 0 Å². The molecule has 1 aromatic carbocycles. The standard InChI is InChI=1S/C14H16N6/c15-12-2-1-10(13(16)8-20-18)7-11(12)14(17)9-3-5-19-6-4-9/h1-8,17,20H,15-16,18H2/b13-8-,17-14?. The van der Waals surface area contributed by atoms with Crippen molar-refractivity contribution in [3.05, 3.63) is 65.6 Å². The molecule has 0 saturated heterocycles. The van der Waals surface area contributed by atoms with Crippen molar-refractivity contribution in [3.63, 3.8) is 0 Å². The number of hydrogen-bond acceptors (Lipinski definition) is 6. The number of pyridine rings is 1. The Hall–Kier alpha value is -2.86. The first-order valence-corrected chi connectivity index (χ1v) is 5.94. The highest BCUT2D eigenvalue weighted by Gasteiger charge is 2.10. The monoisotopic (exact) mass is 268 g/mol. The van der Waals surface area contributed by atoms with Gasteiger partial charge in [-0.2, -0.15) is 0 Å². The zero-order chi connectivity index (χ0) is 14.5. The molecule has 0 fully saturated rings. The van der Waals surface area contributed by atoms with E-state index in [0.29, 0.717) is 22.7 Å². The normalized spacial score (nSPS) is 11.2. The summed E-state index contributed by atoms with van der Waals surface area (Å²) in [4.78, 5) is 3.93. The third-order valence-corrected chi connectivity index (χ3v) is 2.86. The molecule has 8 N–H and O–H groups in total. The van der Waals surface area contributed by atoms with Crippen LogP contribution in [0.25, 0.3) is 5.70 Å². The van der Waals surface area contributed by atoms with Crippen molar-refractivity contribution in [2.75, 3.05) is 5.73 Å². The molecular formula is C14H16N6. The zero-order valence-corrected chi connectivity index (χ0v) is 10.8. The summed E-state index contributed by atoms with van der Waals surface area (Å²) in [5.41, 5.74) is 17.6. The van der Waals surface area contributed by atoms with Crippen molar-refractivity contribution in [2.24, 2.45) is 11.6 Å². The second-order valence-electron chi connectivity index (χ2n) is 4.18. The molecular weight excluding hydrogens is 252 g/mol. The number of hydrazine groups is 1. The van der Waals surface area contributed by atoms with Crippen LogP contribution in [0, 0.1) is 5.41 Å². The molecule has 0 saturated carbocycles. The molecule has 0 aliphatic heterocycles. The van der Waals surface area contributed by atoms with Crippen LogP contribution < -0.4 is 22.7 Å². The number of nitrogen functional groups attached to an aromatic ring is 1. The fourth-order valence-corrected chi connectivity index (χ4v) is 1.80. The number of rotatable bonds is 4. The van der Waals surface area contributed by atoms with Gasteiger partial charge in [-0.05, 0) is 29.8 Å². The predicted molar refractivity (Wildman–Crippen MR) is 80.5 cm³/mol. The molecule has 6 heteroatoms. The van der Waals surface area contributed by atoms with Gasteiger partial charge in [-0.15, -0.1) is 0 Å². The minimum Gasteiger partial charge on any atom is -0.398 e. The molecule has 0 spiro atoms. The van der Waals surface area contributed by atoms with E-state index in [-0.39, 0.29) is 0 Å². The van der Waals surface area contributed by atoms with E-state index in [4.69, 9.17) is 22.7 Å². The highest BCUT2D eigenvalue weighted by molar-refractivity contribution is 6.14. The van der Waals surface area contributed by atoms with Crippen LogP contribution in [0.2, 0.25) is 0 Å². The fourth-order valence-electron chi connectivity index (χ4n) is 1.80. The largest absolute Gasteiger partial charge is 0.398 e.